The summed E-state index contributed by atoms with van der Waals surface area (Å²) in [4.78, 5) is 23.0. The first-order valence-corrected chi connectivity index (χ1v) is 6.47. The van der Waals surface area contributed by atoms with E-state index in [1.807, 2.05) is 6.92 Å². The summed E-state index contributed by atoms with van der Waals surface area (Å²) in [5.74, 6) is -0.591. The van der Waals surface area contributed by atoms with Crippen molar-refractivity contribution >= 4 is 40.7 Å². The second kappa shape index (κ2) is 7.70. The van der Waals surface area contributed by atoms with Crippen molar-refractivity contribution in [2.24, 2.45) is 0 Å². The third kappa shape index (κ3) is 5.67. The maximum atomic E-state index is 11.8. The fourth-order valence-electron chi connectivity index (χ4n) is 1.25. The van der Waals surface area contributed by atoms with Gasteiger partial charge in [-0.1, -0.05) is 24.6 Å². The topological polar surface area (TPSA) is 70.2 Å². The minimum absolute atomic E-state index is 0.0226. The predicted octanol–water partition coefficient (Wildman–Crippen LogP) is 1.78. The Kier molecular flexibility index (Phi) is 6.24. The molecule has 3 N–H and O–H groups in total. The molecule has 7 heteroatoms. The van der Waals surface area contributed by atoms with Gasteiger partial charge in [0, 0.05) is 17.0 Å². The summed E-state index contributed by atoms with van der Waals surface area (Å²) in [5.41, 5.74) is 5.22. The number of thiocarbonyl (C=S) groups is 1. The van der Waals surface area contributed by atoms with Gasteiger partial charge in [-0.05, 0) is 36.8 Å². The minimum atomic E-state index is -0.398. The first-order chi connectivity index (χ1) is 9.02. The van der Waals surface area contributed by atoms with Crippen LogP contribution in [0.3, 0.4) is 0 Å². The number of rotatable bonds is 3. The lowest BCUT2D eigenvalue weighted by Gasteiger charge is -2.10. The quantitative estimate of drug-likeness (QED) is 0.588. The number of hydrazine groups is 1. The van der Waals surface area contributed by atoms with Crippen molar-refractivity contribution in [2.45, 2.75) is 19.8 Å². The molecule has 0 radical (unpaired) electrons. The molecule has 0 atom stereocenters. The Morgan fingerprint density at radius 1 is 1.32 bits per heavy atom. The molecular weight excluding hydrogens is 286 g/mol. The molecule has 19 heavy (non-hydrogen) atoms. The van der Waals surface area contributed by atoms with Crippen molar-refractivity contribution in [1.29, 1.82) is 0 Å². The molecule has 0 heterocycles. The predicted molar refractivity (Wildman–Crippen MR) is 77.7 cm³/mol. The van der Waals surface area contributed by atoms with Gasteiger partial charge >= 0.3 is 0 Å². The average molecular weight is 300 g/mol. The monoisotopic (exact) mass is 299 g/mol. The Bertz CT molecular complexity index is 494. The largest absolute Gasteiger partial charge is 0.298 e. The molecule has 1 aromatic carbocycles. The molecule has 0 aliphatic rings. The zero-order valence-corrected chi connectivity index (χ0v) is 11.9. The molecule has 0 aliphatic carbocycles. The molecule has 5 nitrogen and oxygen atoms in total. The van der Waals surface area contributed by atoms with Gasteiger partial charge in [0.1, 0.15) is 0 Å². The van der Waals surface area contributed by atoms with E-state index in [1.54, 1.807) is 18.2 Å². The number of nitrogens with one attached hydrogen (secondary N) is 3. The zero-order valence-electron chi connectivity index (χ0n) is 10.3. The molecule has 1 rings (SSSR count). The Hall–Kier alpha value is -1.66. The van der Waals surface area contributed by atoms with Crippen LogP contribution >= 0.6 is 23.8 Å². The van der Waals surface area contributed by atoms with Crippen LogP contribution in [0.25, 0.3) is 0 Å². The molecule has 0 aliphatic heterocycles. The number of halogens is 1. The maximum absolute atomic E-state index is 11.8. The first-order valence-electron chi connectivity index (χ1n) is 5.68. The van der Waals surface area contributed by atoms with Crippen molar-refractivity contribution in [3.8, 4) is 0 Å². The molecule has 0 spiro atoms. The minimum Gasteiger partial charge on any atom is -0.298 e. The second-order valence-corrected chi connectivity index (χ2v) is 4.56. The van der Waals surface area contributed by atoms with Crippen LogP contribution < -0.4 is 16.2 Å². The molecule has 0 saturated carbocycles. The fourth-order valence-corrected chi connectivity index (χ4v) is 1.59. The van der Waals surface area contributed by atoms with Gasteiger partial charge in [0.25, 0.3) is 5.91 Å². The lowest BCUT2D eigenvalue weighted by atomic mass is 10.2. The van der Waals surface area contributed by atoms with Crippen LogP contribution in [-0.4, -0.2) is 16.9 Å². The van der Waals surface area contributed by atoms with Crippen molar-refractivity contribution in [1.82, 2.24) is 16.2 Å². The summed E-state index contributed by atoms with van der Waals surface area (Å²) in [6, 6.07) is 6.46. The third-order valence-electron chi connectivity index (χ3n) is 2.11. The highest BCUT2D eigenvalue weighted by Crippen LogP contribution is 2.10. The molecule has 1 aromatic rings. The van der Waals surface area contributed by atoms with Gasteiger partial charge < -0.3 is 0 Å². The van der Waals surface area contributed by atoms with Gasteiger partial charge in [-0.2, -0.15) is 0 Å². The number of hydrogen-bond acceptors (Lipinski definition) is 3. The van der Waals surface area contributed by atoms with Crippen LogP contribution in [0.2, 0.25) is 5.02 Å². The summed E-state index contributed by atoms with van der Waals surface area (Å²) < 4.78 is 0. The van der Waals surface area contributed by atoms with Gasteiger partial charge in [-0.25, -0.2) is 0 Å². The molecule has 0 aromatic heterocycles. The van der Waals surface area contributed by atoms with E-state index in [0.717, 1.165) is 6.42 Å². The van der Waals surface area contributed by atoms with Crippen molar-refractivity contribution < 1.29 is 9.59 Å². The number of carbonyl (C=O) groups is 2. The molecule has 102 valence electrons. The van der Waals surface area contributed by atoms with E-state index < -0.39 is 5.91 Å². The molecule has 0 unspecified atom stereocenters. The highest BCUT2D eigenvalue weighted by molar-refractivity contribution is 7.80. The molecule has 2 amide bonds. The van der Waals surface area contributed by atoms with Gasteiger partial charge in [0.15, 0.2) is 5.11 Å². The fraction of sp³-hybridized carbons (Fsp3) is 0.250. The summed E-state index contributed by atoms with van der Waals surface area (Å²) >= 11 is 10.7. The van der Waals surface area contributed by atoms with E-state index >= 15 is 0 Å². The van der Waals surface area contributed by atoms with Gasteiger partial charge in [0.2, 0.25) is 5.91 Å². The van der Waals surface area contributed by atoms with Crippen molar-refractivity contribution in [2.75, 3.05) is 0 Å². The van der Waals surface area contributed by atoms with Gasteiger partial charge in [-0.3, -0.25) is 25.8 Å². The molecular formula is C12H14ClN3O2S. The number of carbonyl (C=O) groups excluding carboxylic acids is 2. The van der Waals surface area contributed by atoms with E-state index in [4.69, 9.17) is 23.8 Å². The van der Waals surface area contributed by atoms with Crippen LogP contribution in [0.1, 0.15) is 30.1 Å². The van der Waals surface area contributed by atoms with Gasteiger partial charge in [-0.15, -0.1) is 0 Å². The molecule has 0 saturated heterocycles. The number of hydrogen-bond donors (Lipinski definition) is 3. The van der Waals surface area contributed by atoms with Crippen LogP contribution in [0.5, 0.6) is 0 Å². The summed E-state index contributed by atoms with van der Waals surface area (Å²) in [6.45, 7) is 1.89. The standard InChI is InChI=1S/C12H14ClN3O2S/c1-2-4-10(17)15-16-12(19)14-11(18)8-5-3-6-9(13)7-8/h3,5-7H,2,4H2,1H3,(H,15,17)(H2,14,16,18,19). The normalized spacial score (nSPS) is 9.58. The van der Waals surface area contributed by atoms with E-state index in [9.17, 15) is 9.59 Å². The Labute approximate surface area is 121 Å². The lowest BCUT2D eigenvalue weighted by molar-refractivity contribution is -0.121. The Morgan fingerprint density at radius 2 is 2.05 bits per heavy atom. The summed E-state index contributed by atoms with van der Waals surface area (Å²) in [7, 11) is 0. The third-order valence-corrected chi connectivity index (χ3v) is 2.55. The van der Waals surface area contributed by atoms with Crippen LogP contribution in [0, 0.1) is 0 Å². The summed E-state index contributed by atoms with van der Waals surface area (Å²) in [5, 5.41) is 2.91. The van der Waals surface area contributed by atoms with E-state index in [1.165, 1.54) is 6.07 Å². The SMILES string of the molecule is CCCC(=O)NNC(=S)NC(=O)c1cccc(Cl)c1. The lowest BCUT2D eigenvalue weighted by Crippen LogP contribution is -2.48. The molecule has 0 fully saturated rings. The smallest absolute Gasteiger partial charge is 0.257 e. The highest BCUT2D eigenvalue weighted by atomic mass is 35.5. The van der Waals surface area contributed by atoms with E-state index in [0.29, 0.717) is 17.0 Å². The van der Waals surface area contributed by atoms with Crippen molar-refractivity contribution in [3.05, 3.63) is 34.9 Å². The van der Waals surface area contributed by atoms with Gasteiger partial charge in [0.05, 0.1) is 0 Å². The Morgan fingerprint density at radius 3 is 2.68 bits per heavy atom. The van der Waals surface area contributed by atoms with Crippen LogP contribution in [0.4, 0.5) is 0 Å². The molecule has 0 bridgehead atoms. The van der Waals surface area contributed by atoms with E-state index in [2.05, 4.69) is 16.2 Å². The van der Waals surface area contributed by atoms with Crippen LogP contribution in [0.15, 0.2) is 24.3 Å². The zero-order chi connectivity index (χ0) is 14.3. The average Bonchev–Trinajstić information content (AvgIpc) is 2.36. The number of amides is 2. The summed E-state index contributed by atoms with van der Waals surface area (Å²) in [6.07, 6.45) is 1.12. The maximum Gasteiger partial charge on any atom is 0.257 e. The van der Waals surface area contributed by atoms with E-state index in [-0.39, 0.29) is 11.0 Å². The van der Waals surface area contributed by atoms with Crippen molar-refractivity contribution in [3.63, 3.8) is 0 Å². The highest BCUT2D eigenvalue weighted by Gasteiger charge is 2.08. The Balaban J connectivity index is 2.44. The first kappa shape index (κ1) is 15.4. The number of benzene rings is 1. The second-order valence-electron chi connectivity index (χ2n) is 3.72. The van der Waals surface area contributed by atoms with Crippen LogP contribution in [-0.2, 0) is 4.79 Å².